The van der Waals surface area contributed by atoms with E-state index in [0.717, 1.165) is 24.3 Å². The maximum Gasteiger partial charge on any atom is 0.0926 e. The number of benzene rings is 1. The molecule has 0 saturated carbocycles. The summed E-state index contributed by atoms with van der Waals surface area (Å²) in [4.78, 5) is 4.55. The summed E-state index contributed by atoms with van der Waals surface area (Å²) in [5.74, 6) is 0. The van der Waals surface area contributed by atoms with Gasteiger partial charge in [0.2, 0.25) is 0 Å². The molecule has 1 heterocycles. The van der Waals surface area contributed by atoms with Crippen LogP contribution in [0.3, 0.4) is 0 Å². The number of hydrogen-bond donors (Lipinski definition) is 1. The van der Waals surface area contributed by atoms with Gasteiger partial charge in [-0.25, -0.2) is 4.98 Å². The zero-order valence-electron chi connectivity index (χ0n) is 10.9. The third-order valence-corrected chi connectivity index (χ3v) is 5.10. The minimum atomic E-state index is 0.789. The smallest absolute Gasteiger partial charge is 0.0926 e. The van der Waals surface area contributed by atoms with Crippen molar-refractivity contribution in [2.24, 2.45) is 0 Å². The summed E-state index contributed by atoms with van der Waals surface area (Å²) in [5.41, 5.74) is 4.78. The maximum atomic E-state index is 4.55. The number of halogens is 1. The lowest BCUT2D eigenvalue weighted by atomic mass is 10.1. The number of nitrogens with zero attached hydrogens (tertiary/aromatic N) is 1. The largest absolute Gasteiger partial charge is 0.379 e. The van der Waals surface area contributed by atoms with Crippen molar-refractivity contribution in [3.8, 4) is 0 Å². The Morgan fingerprint density at radius 1 is 1.28 bits per heavy atom. The highest BCUT2D eigenvalue weighted by Gasteiger charge is 2.04. The van der Waals surface area contributed by atoms with Gasteiger partial charge in [-0.2, -0.15) is 0 Å². The molecule has 0 saturated heterocycles. The number of nitrogens with one attached hydrogen (secondary N) is 1. The Balaban J connectivity index is 2.06. The topological polar surface area (TPSA) is 24.9 Å². The van der Waals surface area contributed by atoms with E-state index in [4.69, 9.17) is 0 Å². The predicted molar refractivity (Wildman–Crippen MR) is 82.4 cm³/mol. The minimum absolute atomic E-state index is 0.789. The second kappa shape index (κ2) is 5.85. The molecule has 0 unspecified atom stereocenters. The summed E-state index contributed by atoms with van der Waals surface area (Å²) < 4.78 is 1.19. The zero-order chi connectivity index (χ0) is 13.1. The number of hydrogen-bond acceptors (Lipinski definition) is 3. The first-order valence-electron chi connectivity index (χ1n) is 6.04. The van der Waals surface area contributed by atoms with E-state index in [1.54, 1.807) is 11.3 Å². The highest BCUT2D eigenvalue weighted by molar-refractivity contribution is 9.10. The second-order valence-corrected chi connectivity index (χ2v) is 6.10. The molecule has 0 aliphatic carbocycles. The summed E-state index contributed by atoms with van der Waals surface area (Å²) in [6, 6.07) is 4.31. The van der Waals surface area contributed by atoms with Crippen molar-refractivity contribution in [3.05, 3.63) is 43.8 Å². The van der Waals surface area contributed by atoms with Gasteiger partial charge in [-0.3, -0.25) is 0 Å². The molecule has 2 aromatic rings. The molecule has 2 rings (SSSR count). The third kappa shape index (κ3) is 3.12. The highest BCUT2D eigenvalue weighted by Crippen LogP contribution is 2.25. The normalized spacial score (nSPS) is 10.7. The Morgan fingerprint density at radius 2 is 1.94 bits per heavy atom. The van der Waals surface area contributed by atoms with Crippen LogP contribution < -0.4 is 5.32 Å². The van der Waals surface area contributed by atoms with Crippen LogP contribution >= 0.6 is 27.3 Å². The summed E-state index contributed by atoms with van der Waals surface area (Å²) in [6.07, 6.45) is 1.02. The first-order valence-corrected chi connectivity index (χ1v) is 7.71. The van der Waals surface area contributed by atoms with Crippen LogP contribution in [-0.4, -0.2) is 4.98 Å². The van der Waals surface area contributed by atoms with Gasteiger partial charge in [-0.1, -0.05) is 22.9 Å². The van der Waals surface area contributed by atoms with Crippen molar-refractivity contribution in [3.63, 3.8) is 0 Å². The summed E-state index contributed by atoms with van der Waals surface area (Å²) in [6.45, 7) is 7.15. The van der Waals surface area contributed by atoms with Gasteiger partial charge in [0.1, 0.15) is 0 Å². The van der Waals surface area contributed by atoms with Gasteiger partial charge in [0.15, 0.2) is 0 Å². The molecule has 96 valence electrons. The van der Waals surface area contributed by atoms with Crippen LogP contribution in [0, 0.1) is 13.8 Å². The van der Waals surface area contributed by atoms with Crippen molar-refractivity contribution in [2.45, 2.75) is 33.7 Å². The van der Waals surface area contributed by atoms with E-state index >= 15 is 0 Å². The molecule has 1 aromatic carbocycles. The highest BCUT2D eigenvalue weighted by atomic mass is 79.9. The SMILES string of the molecule is CCc1nc(CNc2cc(C)c(Br)c(C)c2)cs1. The Bertz CT molecular complexity index is 525. The monoisotopic (exact) mass is 324 g/mol. The van der Waals surface area contributed by atoms with Gasteiger partial charge in [0, 0.05) is 15.5 Å². The number of aryl methyl sites for hydroxylation is 3. The molecule has 0 atom stereocenters. The Kier molecular flexibility index (Phi) is 4.40. The van der Waals surface area contributed by atoms with E-state index in [0.29, 0.717) is 0 Å². The fraction of sp³-hybridized carbons (Fsp3) is 0.357. The lowest BCUT2D eigenvalue weighted by Crippen LogP contribution is -2.01. The zero-order valence-corrected chi connectivity index (χ0v) is 13.3. The van der Waals surface area contributed by atoms with Crippen LogP contribution in [0.5, 0.6) is 0 Å². The fourth-order valence-corrected chi connectivity index (χ4v) is 2.81. The van der Waals surface area contributed by atoms with Crippen LogP contribution in [0.2, 0.25) is 0 Å². The van der Waals surface area contributed by atoms with Gasteiger partial charge in [-0.05, 0) is 43.5 Å². The van der Waals surface area contributed by atoms with E-state index < -0.39 is 0 Å². The maximum absolute atomic E-state index is 4.55. The van der Waals surface area contributed by atoms with Crippen LogP contribution in [0.4, 0.5) is 5.69 Å². The van der Waals surface area contributed by atoms with Gasteiger partial charge < -0.3 is 5.32 Å². The molecule has 18 heavy (non-hydrogen) atoms. The Hall–Kier alpha value is -0.870. The molecule has 0 bridgehead atoms. The van der Waals surface area contributed by atoms with Gasteiger partial charge in [-0.15, -0.1) is 11.3 Å². The van der Waals surface area contributed by atoms with Crippen molar-refractivity contribution in [1.82, 2.24) is 4.98 Å². The fourth-order valence-electron chi connectivity index (χ4n) is 1.83. The van der Waals surface area contributed by atoms with Crippen molar-refractivity contribution in [2.75, 3.05) is 5.32 Å². The summed E-state index contributed by atoms with van der Waals surface area (Å²) in [7, 11) is 0. The molecular weight excluding hydrogens is 308 g/mol. The molecule has 0 radical (unpaired) electrons. The molecule has 0 aliphatic heterocycles. The molecule has 0 fully saturated rings. The molecule has 0 spiro atoms. The minimum Gasteiger partial charge on any atom is -0.379 e. The average molecular weight is 325 g/mol. The lowest BCUT2D eigenvalue weighted by molar-refractivity contribution is 1.01. The van der Waals surface area contributed by atoms with E-state index in [-0.39, 0.29) is 0 Å². The number of aromatic nitrogens is 1. The van der Waals surface area contributed by atoms with Crippen molar-refractivity contribution >= 4 is 33.0 Å². The molecule has 2 nitrogen and oxygen atoms in total. The van der Waals surface area contributed by atoms with Crippen LogP contribution in [0.25, 0.3) is 0 Å². The summed E-state index contributed by atoms with van der Waals surface area (Å²) in [5, 5.41) is 6.76. The van der Waals surface area contributed by atoms with Crippen LogP contribution in [-0.2, 0) is 13.0 Å². The molecule has 4 heteroatoms. The quantitative estimate of drug-likeness (QED) is 0.881. The average Bonchev–Trinajstić information content (AvgIpc) is 2.81. The number of anilines is 1. The van der Waals surface area contributed by atoms with Gasteiger partial charge in [0.05, 0.1) is 17.2 Å². The standard InChI is InChI=1S/C14H17BrN2S/c1-4-13-17-12(8-18-13)7-16-11-5-9(2)14(15)10(3)6-11/h5-6,8,16H,4,7H2,1-3H3. The van der Waals surface area contributed by atoms with E-state index in [9.17, 15) is 0 Å². The molecular formula is C14H17BrN2S. The third-order valence-electron chi connectivity index (χ3n) is 2.81. The first-order chi connectivity index (χ1) is 8.60. The van der Waals surface area contributed by atoms with Crippen molar-refractivity contribution < 1.29 is 0 Å². The van der Waals surface area contributed by atoms with E-state index in [1.807, 2.05) is 0 Å². The van der Waals surface area contributed by atoms with E-state index in [2.05, 4.69) is 64.5 Å². The summed E-state index contributed by atoms with van der Waals surface area (Å²) >= 11 is 5.32. The van der Waals surface area contributed by atoms with Crippen LogP contribution in [0.15, 0.2) is 22.0 Å². The Labute approximate surface area is 121 Å². The first kappa shape index (κ1) is 13.6. The molecule has 0 amide bonds. The lowest BCUT2D eigenvalue weighted by Gasteiger charge is -2.09. The van der Waals surface area contributed by atoms with Crippen LogP contribution in [0.1, 0.15) is 28.8 Å². The molecule has 0 aliphatic rings. The van der Waals surface area contributed by atoms with E-state index in [1.165, 1.54) is 20.6 Å². The number of rotatable bonds is 4. The number of thiazole rings is 1. The Morgan fingerprint density at radius 3 is 2.50 bits per heavy atom. The van der Waals surface area contributed by atoms with Gasteiger partial charge >= 0.3 is 0 Å². The second-order valence-electron chi connectivity index (χ2n) is 4.36. The predicted octanol–water partition coefficient (Wildman–Crippen LogP) is 4.70. The van der Waals surface area contributed by atoms with Gasteiger partial charge in [0.25, 0.3) is 0 Å². The molecule has 1 aromatic heterocycles. The molecule has 1 N–H and O–H groups in total. The van der Waals surface area contributed by atoms with Crippen molar-refractivity contribution in [1.29, 1.82) is 0 Å².